The Hall–Kier alpha value is -2.29. The van der Waals surface area contributed by atoms with Gasteiger partial charge in [-0.3, -0.25) is 0 Å². The van der Waals surface area contributed by atoms with Crippen LogP contribution in [0.15, 0.2) is 0 Å². The second-order valence-electron chi connectivity index (χ2n) is 3.14. The normalized spacial score (nSPS) is 10.3. The zero-order valence-corrected chi connectivity index (χ0v) is 9.06. The van der Waals surface area contributed by atoms with E-state index in [0.29, 0.717) is 23.5 Å². The van der Waals surface area contributed by atoms with Crippen molar-refractivity contribution in [2.45, 2.75) is 6.92 Å². The molecule has 82 valence electrons. The maximum Gasteiger partial charge on any atom is 0.239 e. The fraction of sp³-hybridized carbons (Fsp3) is 0.300. The number of nitrogen functional groups attached to an aromatic ring is 1. The number of terminal acetylenes is 1. The highest BCUT2D eigenvalue weighted by Gasteiger charge is 2.15. The average Bonchev–Trinajstić information content (AvgIpc) is 2.58. The molecule has 0 unspecified atom stereocenters. The molecule has 0 aliphatic rings. The van der Waals surface area contributed by atoms with Crippen LogP contribution in [0.4, 0.5) is 5.82 Å². The summed E-state index contributed by atoms with van der Waals surface area (Å²) in [5, 5.41) is 4.18. The molecule has 0 saturated heterocycles. The molecular weight excluding hydrogens is 206 g/mol. The minimum atomic E-state index is 0.235. The third kappa shape index (κ3) is 1.42. The Labute approximate surface area is 92.4 Å². The first-order valence-electron chi connectivity index (χ1n) is 4.77. The Kier molecular flexibility index (Phi) is 2.37. The minimum Gasteiger partial charge on any atom is -0.477 e. The quantitative estimate of drug-likeness (QED) is 0.733. The maximum atomic E-state index is 5.73. The van der Waals surface area contributed by atoms with Gasteiger partial charge in [0.25, 0.3) is 0 Å². The van der Waals surface area contributed by atoms with E-state index in [2.05, 4.69) is 21.0 Å². The first kappa shape index (κ1) is 10.2. The average molecular weight is 217 g/mol. The molecule has 0 amide bonds. The molecule has 2 heterocycles. The van der Waals surface area contributed by atoms with Gasteiger partial charge < -0.3 is 10.5 Å². The van der Waals surface area contributed by atoms with Crippen molar-refractivity contribution in [1.29, 1.82) is 0 Å². The Morgan fingerprint density at radius 1 is 1.44 bits per heavy atom. The van der Waals surface area contributed by atoms with E-state index in [1.165, 1.54) is 0 Å². The summed E-state index contributed by atoms with van der Waals surface area (Å²) in [6.45, 7) is 2.40. The van der Waals surface area contributed by atoms with Crippen LogP contribution in [-0.2, 0) is 7.05 Å². The van der Waals surface area contributed by atoms with E-state index in [-0.39, 0.29) is 11.6 Å². The molecule has 0 radical (unpaired) electrons. The standard InChI is InChI=1S/C10H11N5O/c1-4-6-12-8-7(9(11)13-6)14-15(3)10(8)16-5-2/h1H,5H2,2-3H3,(H2,11,12,13). The number of hydrogen-bond donors (Lipinski definition) is 1. The molecule has 0 aromatic carbocycles. The highest BCUT2D eigenvalue weighted by molar-refractivity contribution is 5.88. The largest absolute Gasteiger partial charge is 0.477 e. The van der Waals surface area contributed by atoms with Crippen molar-refractivity contribution in [2.24, 2.45) is 7.05 Å². The van der Waals surface area contributed by atoms with Gasteiger partial charge in [-0.25, -0.2) is 14.6 Å². The smallest absolute Gasteiger partial charge is 0.239 e. The number of rotatable bonds is 2. The lowest BCUT2D eigenvalue weighted by atomic mass is 10.4. The molecule has 2 aromatic heterocycles. The van der Waals surface area contributed by atoms with Gasteiger partial charge in [-0.2, -0.15) is 5.10 Å². The molecule has 0 aliphatic heterocycles. The highest BCUT2D eigenvalue weighted by atomic mass is 16.5. The number of nitrogens with zero attached hydrogens (tertiary/aromatic N) is 4. The summed E-state index contributed by atoms with van der Waals surface area (Å²) in [4.78, 5) is 8.09. The van der Waals surface area contributed by atoms with Crippen molar-refractivity contribution < 1.29 is 4.74 Å². The van der Waals surface area contributed by atoms with Crippen LogP contribution < -0.4 is 10.5 Å². The van der Waals surface area contributed by atoms with Gasteiger partial charge >= 0.3 is 0 Å². The summed E-state index contributed by atoms with van der Waals surface area (Å²) in [5.41, 5.74) is 6.78. The van der Waals surface area contributed by atoms with Crippen molar-refractivity contribution in [2.75, 3.05) is 12.3 Å². The van der Waals surface area contributed by atoms with E-state index in [1.54, 1.807) is 11.7 Å². The number of hydrogen-bond acceptors (Lipinski definition) is 5. The Bertz CT molecular complexity index is 581. The van der Waals surface area contributed by atoms with Crippen LogP contribution in [0, 0.1) is 12.3 Å². The molecule has 0 atom stereocenters. The second-order valence-corrected chi connectivity index (χ2v) is 3.14. The Balaban J connectivity index is 2.76. The zero-order valence-electron chi connectivity index (χ0n) is 9.06. The summed E-state index contributed by atoms with van der Waals surface area (Å²) in [6.07, 6.45) is 5.24. The molecule has 16 heavy (non-hydrogen) atoms. The minimum absolute atomic E-state index is 0.235. The maximum absolute atomic E-state index is 5.73. The molecular formula is C10H11N5O. The van der Waals surface area contributed by atoms with E-state index >= 15 is 0 Å². The monoisotopic (exact) mass is 217 g/mol. The third-order valence-electron chi connectivity index (χ3n) is 2.07. The van der Waals surface area contributed by atoms with E-state index in [0.717, 1.165) is 0 Å². The van der Waals surface area contributed by atoms with Gasteiger partial charge in [0.2, 0.25) is 11.7 Å². The van der Waals surface area contributed by atoms with E-state index in [9.17, 15) is 0 Å². The van der Waals surface area contributed by atoms with E-state index in [4.69, 9.17) is 16.9 Å². The predicted molar refractivity (Wildman–Crippen MR) is 59.8 cm³/mol. The summed E-state index contributed by atoms with van der Waals surface area (Å²) in [7, 11) is 1.75. The zero-order chi connectivity index (χ0) is 11.7. The van der Waals surface area contributed by atoms with E-state index < -0.39 is 0 Å². The predicted octanol–water partition coefficient (Wildman–Crippen LogP) is 0.325. The second kappa shape index (κ2) is 3.70. The van der Waals surface area contributed by atoms with Gasteiger partial charge in [0.1, 0.15) is 0 Å². The molecule has 0 saturated carbocycles. The van der Waals surface area contributed by atoms with Crippen LogP contribution in [0.2, 0.25) is 0 Å². The van der Waals surface area contributed by atoms with Gasteiger partial charge in [0.05, 0.1) is 6.61 Å². The molecule has 0 fully saturated rings. The van der Waals surface area contributed by atoms with Crippen molar-refractivity contribution in [3.63, 3.8) is 0 Å². The number of aryl methyl sites for hydroxylation is 1. The van der Waals surface area contributed by atoms with Crippen LogP contribution >= 0.6 is 0 Å². The molecule has 0 spiro atoms. The van der Waals surface area contributed by atoms with Gasteiger partial charge in [-0.05, 0) is 12.8 Å². The molecule has 0 aliphatic carbocycles. The molecule has 2 N–H and O–H groups in total. The lowest BCUT2D eigenvalue weighted by molar-refractivity contribution is 0.312. The van der Waals surface area contributed by atoms with Crippen LogP contribution in [0.5, 0.6) is 5.88 Å². The van der Waals surface area contributed by atoms with Crippen LogP contribution in [-0.4, -0.2) is 26.4 Å². The third-order valence-corrected chi connectivity index (χ3v) is 2.07. The van der Waals surface area contributed by atoms with Gasteiger partial charge in [0, 0.05) is 7.05 Å². The number of ether oxygens (including phenoxy) is 1. The molecule has 2 rings (SSSR count). The fourth-order valence-electron chi connectivity index (χ4n) is 1.43. The first-order valence-corrected chi connectivity index (χ1v) is 4.77. The van der Waals surface area contributed by atoms with Crippen molar-refractivity contribution in [3.05, 3.63) is 5.82 Å². The Morgan fingerprint density at radius 3 is 2.81 bits per heavy atom. The molecule has 6 heteroatoms. The fourth-order valence-corrected chi connectivity index (χ4v) is 1.43. The van der Waals surface area contributed by atoms with Crippen LogP contribution in [0.25, 0.3) is 11.0 Å². The Morgan fingerprint density at radius 2 is 2.19 bits per heavy atom. The summed E-state index contributed by atoms with van der Waals surface area (Å²) >= 11 is 0. The van der Waals surface area contributed by atoms with Crippen molar-refractivity contribution >= 4 is 16.9 Å². The lowest BCUT2D eigenvalue weighted by Crippen LogP contribution is -2.00. The van der Waals surface area contributed by atoms with Crippen LogP contribution in [0.3, 0.4) is 0 Å². The first-order chi connectivity index (χ1) is 7.67. The number of aromatic nitrogens is 4. The highest BCUT2D eigenvalue weighted by Crippen LogP contribution is 2.25. The molecule has 0 bridgehead atoms. The van der Waals surface area contributed by atoms with Crippen LogP contribution in [0.1, 0.15) is 12.7 Å². The summed E-state index contributed by atoms with van der Waals surface area (Å²) in [6, 6.07) is 0. The number of fused-ring (bicyclic) bond motifs is 1. The summed E-state index contributed by atoms with van der Waals surface area (Å²) < 4.78 is 7.00. The van der Waals surface area contributed by atoms with Crippen molar-refractivity contribution in [3.8, 4) is 18.2 Å². The van der Waals surface area contributed by atoms with Crippen molar-refractivity contribution in [1.82, 2.24) is 19.7 Å². The lowest BCUT2D eigenvalue weighted by Gasteiger charge is -2.02. The van der Waals surface area contributed by atoms with Gasteiger partial charge in [0.15, 0.2) is 16.9 Å². The molecule has 2 aromatic rings. The SMILES string of the molecule is C#Cc1nc(N)c2nn(C)c(OCC)c2n1. The van der Waals surface area contributed by atoms with Gasteiger partial charge in [-0.15, -0.1) is 6.42 Å². The van der Waals surface area contributed by atoms with E-state index in [1.807, 2.05) is 6.92 Å². The van der Waals surface area contributed by atoms with Gasteiger partial charge in [-0.1, -0.05) is 0 Å². The number of anilines is 1. The number of nitrogens with two attached hydrogens (primary N) is 1. The summed E-state index contributed by atoms with van der Waals surface area (Å²) in [5.74, 6) is 3.39. The molecule has 6 nitrogen and oxygen atoms in total. The topological polar surface area (TPSA) is 78.8 Å².